The molecule has 1 aliphatic heterocycles. The van der Waals surface area contributed by atoms with E-state index in [-0.39, 0.29) is 0 Å². The van der Waals surface area contributed by atoms with Gasteiger partial charge in [0, 0.05) is 43.1 Å². The standard InChI is InChI=1S/C34H39N7/c1-26-13-11-18-30(27(26)2)40-22-12-21-39(23-24-40)20-10-9-19-35-32-31-34(37-25-36-32)41(29-16-7-4-8-17-29)33(38-31)28-14-5-3-6-15-28/h3-8,11,13-18,25H,9-10,12,19-24H2,1-2H3,(H,35,36,37). The third kappa shape index (κ3) is 5.95. The molecule has 1 saturated heterocycles. The number of rotatable bonds is 9. The normalized spacial score (nSPS) is 14.3. The molecule has 0 aliphatic carbocycles. The van der Waals surface area contributed by atoms with E-state index in [0.717, 1.165) is 79.6 Å². The summed E-state index contributed by atoms with van der Waals surface area (Å²) in [6.07, 6.45) is 5.07. The number of fused-ring (bicyclic) bond motifs is 1. The highest BCUT2D eigenvalue weighted by molar-refractivity contribution is 5.88. The number of unbranched alkanes of at least 4 members (excludes halogenated alkanes) is 1. The van der Waals surface area contributed by atoms with Crippen LogP contribution in [0.5, 0.6) is 0 Å². The monoisotopic (exact) mass is 545 g/mol. The van der Waals surface area contributed by atoms with E-state index in [1.165, 1.54) is 29.8 Å². The molecule has 41 heavy (non-hydrogen) atoms. The summed E-state index contributed by atoms with van der Waals surface area (Å²) in [5.74, 6) is 1.66. The minimum Gasteiger partial charge on any atom is -0.370 e. The Labute approximate surface area is 242 Å². The lowest BCUT2D eigenvalue weighted by atomic mass is 10.1. The zero-order valence-corrected chi connectivity index (χ0v) is 24.1. The predicted molar refractivity (Wildman–Crippen MR) is 169 cm³/mol. The van der Waals surface area contributed by atoms with E-state index in [1.54, 1.807) is 6.33 Å². The summed E-state index contributed by atoms with van der Waals surface area (Å²) in [5, 5.41) is 3.57. The van der Waals surface area contributed by atoms with Crippen LogP contribution in [0.3, 0.4) is 0 Å². The number of aromatic nitrogens is 4. The summed E-state index contributed by atoms with van der Waals surface area (Å²) in [5.41, 5.74) is 7.88. The maximum atomic E-state index is 5.05. The highest BCUT2D eigenvalue weighted by Gasteiger charge is 2.19. The quantitative estimate of drug-likeness (QED) is 0.213. The smallest absolute Gasteiger partial charge is 0.170 e. The second-order valence-electron chi connectivity index (χ2n) is 10.9. The number of hydrogen-bond acceptors (Lipinski definition) is 6. The zero-order chi connectivity index (χ0) is 28.0. The number of nitrogens with one attached hydrogen (secondary N) is 1. The zero-order valence-electron chi connectivity index (χ0n) is 24.1. The van der Waals surface area contributed by atoms with Gasteiger partial charge < -0.3 is 15.1 Å². The van der Waals surface area contributed by atoms with Gasteiger partial charge in [0.2, 0.25) is 0 Å². The van der Waals surface area contributed by atoms with Crippen LogP contribution in [0.25, 0.3) is 28.2 Å². The lowest BCUT2D eigenvalue weighted by Crippen LogP contribution is -2.31. The first-order chi connectivity index (χ1) is 20.2. The predicted octanol–water partition coefficient (Wildman–Crippen LogP) is 6.50. The average Bonchev–Trinajstić information content (AvgIpc) is 3.26. The van der Waals surface area contributed by atoms with Crippen LogP contribution < -0.4 is 10.2 Å². The largest absolute Gasteiger partial charge is 0.370 e. The molecule has 0 bridgehead atoms. The van der Waals surface area contributed by atoms with Crippen LogP contribution in [-0.4, -0.2) is 63.7 Å². The van der Waals surface area contributed by atoms with E-state index in [4.69, 9.17) is 4.98 Å². The van der Waals surface area contributed by atoms with E-state index in [2.05, 4.69) is 86.0 Å². The number of para-hydroxylation sites is 1. The minimum absolute atomic E-state index is 0.792. The Hall–Kier alpha value is -4.23. The first kappa shape index (κ1) is 27.0. The molecule has 0 radical (unpaired) electrons. The van der Waals surface area contributed by atoms with E-state index in [1.807, 2.05) is 36.4 Å². The Bertz CT molecular complexity index is 1580. The highest BCUT2D eigenvalue weighted by atomic mass is 15.2. The van der Waals surface area contributed by atoms with Crippen LogP contribution in [0.2, 0.25) is 0 Å². The number of hydrogen-bond donors (Lipinski definition) is 1. The molecule has 3 heterocycles. The van der Waals surface area contributed by atoms with Crippen molar-refractivity contribution in [2.75, 3.05) is 49.5 Å². The van der Waals surface area contributed by atoms with Gasteiger partial charge >= 0.3 is 0 Å². The second kappa shape index (κ2) is 12.5. The molecule has 7 heteroatoms. The minimum atomic E-state index is 0.792. The summed E-state index contributed by atoms with van der Waals surface area (Å²) in [6.45, 7) is 11.0. The van der Waals surface area contributed by atoms with Gasteiger partial charge in [-0.3, -0.25) is 4.57 Å². The van der Waals surface area contributed by atoms with Crippen molar-refractivity contribution >= 4 is 22.7 Å². The van der Waals surface area contributed by atoms with Crippen LogP contribution >= 0.6 is 0 Å². The fraction of sp³-hybridized carbons (Fsp3) is 0.324. The Morgan fingerprint density at radius 2 is 1.59 bits per heavy atom. The highest BCUT2D eigenvalue weighted by Crippen LogP contribution is 2.30. The Balaban J connectivity index is 1.09. The van der Waals surface area contributed by atoms with Crippen LogP contribution in [0.15, 0.2) is 85.2 Å². The third-order valence-electron chi connectivity index (χ3n) is 8.19. The van der Waals surface area contributed by atoms with Gasteiger partial charge in [-0.1, -0.05) is 60.7 Å². The number of imidazole rings is 1. The molecule has 7 nitrogen and oxygen atoms in total. The fourth-order valence-corrected chi connectivity index (χ4v) is 5.80. The maximum absolute atomic E-state index is 5.05. The van der Waals surface area contributed by atoms with Gasteiger partial charge in [-0.2, -0.15) is 0 Å². The Morgan fingerprint density at radius 3 is 2.41 bits per heavy atom. The molecule has 210 valence electrons. The van der Waals surface area contributed by atoms with Crippen LogP contribution in [0.1, 0.15) is 30.4 Å². The van der Waals surface area contributed by atoms with Crippen molar-refractivity contribution in [3.63, 3.8) is 0 Å². The molecule has 1 aliphatic rings. The lowest BCUT2D eigenvalue weighted by Gasteiger charge is -2.26. The summed E-state index contributed by atoms with van der Waals surface area (Å²) in [6, 6.07) is 27.3. The molecular formula is C34H39N7. The Morgan fingerprint density at radius 1 is 0.780 bits per heavy atom. The number of aryl methyl sites for hydroxylation is 1. The molecule has 1 fully saturated rings. The van der Waals surface area contributed by atoms with Crippen molar-refractivity contribution in [3.8, 4) is 17.1 Å². The summed E-state index contributed by atoms with van der Waals surface area (Å²) < 4.78 is 2.12. The summed E-state index contributed by atoms with van der Waals surface area (Å²) in [4.78, 5) is 19.5. The molecule has 1 N–H and O–H groups in total. The van der Waals surface area contributed by atoms with Crippen molar-refractivity contribution in [3.05, 3.63) is 96.3 Å². The topological polar surface area (TPSA) is 62.1 Å². The molecule has 0 spiro atoms. The maximum Gasteiger partial charge on any atom is 0.170 e. The summed E-state index contributed by atoms with van der Waals surface area (Å²) >= 11 is 0. The molecule has 0 atom stereocenters. The van der Waals surface area contributed by atoms with E-state index in [9.17, 15) is 0 Å². The van der Waals surface area contributed by atoms with E-state index < -0.39 is 0 Å². The van der Waals surface area contributed by atoms with Crippen molar-refractivity contribution in [2.24, 2.45) is 0 Å². The Kier molecular flexibility index (Phi) is 8.23. The van der Waals surface area contributed by atoms with E-state index >= 15 is 0 Å². The van der Waals surface area contributed by atoms with Crippen molar-refractivity contribution in [1.29, 1.82) is 0 Å². The SMILES string of the molecule is Cc1cccc(N2CCCN(CCCCNc3ncnc4c3nc(-c3ccccc3)n4-c3ccccc3)CC2)c1C. The molecule has 0 amide bonds. The van der Waals surface area contributed by atoms with Gasteiger partial charge in [-0.15, -0.1) is 0 Å². The van der Waals surface area contributed by atoms with Gasteiger partial charge in [0.15, 0.2) is 17.0 Å². The molecular weight excluding hydrogens is 506 g/mol. The number of benzene rings is 3. The first-order valence-corrected chi connectivity index (χ1v) is 14.8. The van der Waals surface area contributed by atoms with Crippen LogP contribution in [-0.2, 0) is 0 Å². The van der Waals surface area contributed by atoms with Gasteiger partial charge in [0.25, 0.3) is 0 Å². The average molecular weight is 546 g/mol. The molecule has 3 aromatic carbocycles. The van der Waals surface area contributed by atoms with Crippen molar-refractivity contribution in [2.45, 2.75) is 33.1 Å². The third-order valence-corrected chi connectivity index (χ3v) is 8.19. The molecule has 2 aromatic heterocycles. The molecule has 5 aromatic rings. The van der Waals surface area contributed by atoms with E-state index in [0.29, 0.717) is 0 Å². The van der Waals surface area contributed by atoms with Crippen molar-refractivity contribution < 1.29 is 0 Å². The van der Waals surface area contributed by atoms with Crippen LogP contribution in [0.4, 0.5) is 11.5 Å². The lowest BCUT2D eigenvalue weighted by molar-refractivity contribution is 0.288. The number of nitrogens with zero attached hydrogens (tertiary/aromatic N) is 6. The van der Waals surface area contributed by atoms with Gasteiger partial charge in [0.1, 0.15) is 12.2 Å². The second-order valence-corrected chi connectivity index (χ2v) is 10.9. The van der Waals surface area contributed by atoms with Gasteiger partial charge in [-0.05, 0) is 75.5 Å². The summed E-state index contributed by atoms with van der Waals surface area (Å²) in [7, 11) is 0. The molecule has 0 saturated carbocycles. The molecule has 0 unspecified atom stereocenters. The number of anilines is 2. The molecule has 6 rings (SSSR count). The van der Waals surface area contributed by atoms with Crippen molar-refractivity contribution in [1.82, 2.24) is 24.4 Å². The first-order valence-electron chi connectivity index (χ1n) is 14.8. The van der Waals surface area contributed by atoms with Crippen LogP contribution in [0, 0.1) is 13.8 Å². The van der Waals surface area contributed by atoms with Gasteiger partial charge in [-0.25, -0.2) is 15.0 Å². The van der Waals surface area contributed by atoms with Gasteiger partial charge in [0.05, 0.1) is 0 Å². The fourth-order valence-electron chi connectivity index (χ4n) is 5.80.